The van der Waals surface area contributed by atoms with Gasteiger partial charge >= 0.3 is 5.97 Å². The number of aliphatic hydroxyl groups excluding tert-OH is 1. The summed E-state index contributed by atoms with van der Waals surface area (Å²) < 4.78 is 49.7. The number of aromatic nitrogens is 4. The summed E-state index contributed by atoms with van der Waals surface area (Å²) in [7, 11) is 4.66. The molecule has 3 aromatic rings. The number of halogens is 2. The summed E-state index contributed by atoms with van der Waals surface area (Å²) in [6.07, 6.45) is -5.84. The van der Waals surface area contributed by atoms with Crippen LogP contribution in [0.1, 0.15) is 25.6 Å². The summed E-state index contributed by atoms with van der Waals surface area (Å²) in [6, 6.07) is 8.14. The molecule has 0 amide bonds. The number of aliphatic hydroxyl groups is 1. The highest BCUT2D eigenvalue weighted by Gasteiger charge is 2.65. The summed E-state index contributed by atoms with van der Waals surface area (Å²) >= 11 is 5.75. The van der Waals surface area contributed by atoms with Crippen molar-refractivity contribution in [1.29, 1.82) is 0 Å². The lowest BCUT2D eigenvalue weighted by Gasteiger charge is -2.30. The van der Waals surface area contributed by atoms with Gasteiger partial charge in [-0.1, -0.05) is 30.3 Å². The van der Waals surface area contributed by atoms with E-state index in [0.717, 1.165) is 17.1 Å². The van der Waals surface area contributed by atoms with Crippen LogP contribution in [0, 0.1) is 0 Å². The highest BCUT2D eigenvalue weighted by atomic mass is 32.4. The lowest BCUT2D eigenvalue weighted by Crippen LogP contribution is -2.47. The van der Waals surface area contributed by atoms with E-state index < -0.39 is 48.9 Å². The standard InChI is InChI=1S/C24H32F2N7O5PS/c1-14(19(34)36-5)31-39(40,11-15-9-7-6-8-10-15)37-12-24(26)20(35)23(2,25)21(38-24)33-13-28-16-17(32(3)4)29-22(27)30-18(16)33/h6-10,13-14,20-21,35H,11-12H2,1-5H3,(H,31,40)(H2,27,29,30)/t14-,20+,21-,23-,24-,39?/m1/s1. The molecule has 16 heteroatoms. The first-order valence-electron chi connectivity index (χ1n) is 12.2. The highest BCUT2D eigenvalue weighted by molar-refractivity contribution is 8.10. The van der Waals surface area contributed by atoms with Crippen LogP contribution in [0.25, 0.3) is 11.2 Å². The number of ether oxygens (including phenoxy) is 2. The van der Waals surface area contributed by atoms with Crippen LogP contribution in [0.4, 0.5) is 20.5 Å². The predicted molar refractivity (Wildman–Crippen MR) is 149 cm³/mol. The van der Waals surface area contributed by atoms with E-state index in [1.54, 1.807) is 43.3 Å². The lowest BCUT2D eigenvalue weighted by molar-refractivity contribution is -0.201. The molecule has 1 aromatic carbocycles. The van der Waals surface area contributed by atoms with Gasteiger partial charge in [-0.2, -0.15) is 9.97 Å². The van der Waals surface area contributed by atoms with E-state index in [-0.39, 0.29) is 23.3 Å². The van der Waals surface area contributed by atoms with E-state index in [2.05, 4.69) is 20.0 Å². The van der Waals surface area contributed by atoms with E-state index >= 15 is 8.78 Å². The van der Waals surface area contributed by atoms with E-state index in [1.165, 1.54) is 20.4 Å². The van der Waals surface area contributed by atoms with Crippen molar-refractivity contribution in [3.8, 4) is 0 Å². The van der Waals surface area contributed by atoms with Crippen molar-refractivity contribution in [3.63, 3.8) is 0 Å². The van der Waals surface area contributed by atoms with Crippen LogP contribution in [0.5, 0.6) is 0 Å². The van der Waals surface area contributed by atoms with Gasteiger partial charge in [0.25, 0.3) is 5.85 Å². The maximum atomic E-state index is 16.3. The Morgan fingerprint density at radius 1 is 1.35 bits per heavy atom. The quantitative estimate of drug-likeness (QED) is 0.232. The fourth-order valence-electron chi connectivity index (χ4n) is 4.43. The molecule has 1 aliphatic rings. The van der Waals surface area contributed by atoms with Crippen molar-refractivity contribution in [2.45, 2.75) is 49.9 Å². The molecular weight excluding hydrogens is 567 g/mol. The summed E-state index contributed by atoms with van der Waals surface area (Å²) in [5.74, 6) is -3.37. The number of nitrogens with one attached hydrogen (secondary N) is 1. The summed E-state index contributed by atoms with van der Waals surface area (Å²) in [5, 5.41) is 13.8. The van der Waals surface area contributed by atoms with Gasteiger partial charge in [0.15, 0.2) is 35.0 Å². The van der Waals surface area contributed by atoms with Crippen LogP contribution >= 0.6 is 6.42 Å². The molecule has 40 heavy (non-hydrogen) atoms. The molecular formula is C24H32F2N7O5PS. The van der Waals surface area contributed by atoms with Crippen molar-refractivity contribution in [2.24, 2.45) is 0 Å². The first kappa shape index (κ1) is 30.2. The number of carbonyl (C=O) groups is 1. The van der Waals surface area contributed by atoms with Crippen LogP contribution < -0.4 is 15.7 Å². The molecule has 1 saturated heterocycles. The van der Waals surface area contributed by atoms with E-state index in [1.807, 2.05) is 6.07 Å². The Bertz CT molecular complexity index is 1430. The summed E-state index contributed by atoms with van der Waals surface area (Å²) in [5.41, 5.74) is 4.33. The molecule has 0 radical (unpaired) electrons. The third-order valence-electron chi connectivity index (χ3n) is 6.48. The van der Waals surface area contributed by atoms with Gasteiger partial charge in [-0.25, -0.2) is 13.8 Å². The second-order valence-electron chi connectivity index (χ2n) is 9.90. The lowest BCUT2D eigenvalue weighted by atomic mass is 9.97. The molecule has 0 saturated carbocycles. The van der Waals surface area contributed by atoms with Gasteiger partial charge in [0.2, 0.25) is 5.95 Å². The third kappa shape index (κ3) is 5.80. The Balaban J connectivity index is 1.64. The van der Waals surface area contributed by atoms with Crippen molar-refractivity contribution in [3.05, 3.63) is 42.2 Å². The number of imidazole rings is 1. The third-order valence-corrected chi connectivity index (χ3v) is 9.61. The maximum absolute atomic E-state index is 16.3. The number of esters is 1. The summed E-state index contributed by atoms with van der Waals surface area (Å²) in [4.78, 5) is 26.3. The first-order chi connectivity index (χ1) is 18.7. The van der Waals surface area contributed by atoms with Crippen molar-refractivity contribution in [2.75, 3.05) is 38.4 Å². The van der Waals surface area contributed by atoms with Crippen LogP contribution in [-0.4, -0.2) is 82.1 Å². The fourth-order valence-corrected chi connectivity index (χ4v) is 7.54. The Kier molecular flexibility index (Phi) is 8.46. The summed E-state index contributed by atoms with van der Waals surface area (Å²) in [6.45, 7) is 1.61. The van der Waals surface area contributed by atoms with Crippen LogP contribution in [0.15, 0.2) is 36.7 Å². The number of nitrogen functional groups attached to an aromatic ring is 1. The molecule has 0 spiro atoms. The van der Waals surface area contributed by atoms with Crippen LogP contribution in [-0.2, 0) is 36.8 Å². The number of anilines is 2. The molecule has 0 aliphatic carbocycles. The zero-order valence-electron chi connectivity index (χ0n) is 22.6. The zero-order chi connectivity index (χ0) is 29.5. The zero-order valence-corrected chi connectivity index (χ0v) is 24.3. The smallest absolute Gasteiger partial charge is 0.322 e. The average Bonchev–Trinajstić information content (AvgIpc) is 3.39. The molecule has 1 unspecified atom stereocenters. The minimum Gasteiger partial charge on any atom is -0.468 e. The molecule has 4 rings (SSSR count). The van der Waals surface area contributed by atoms with Crippen molar-refractivity contribution in [1.82, 2.24) is 24.6 Å². The molecule has 218 valence electrons. The Labute approximate surface area is 235 Å². The number of methoxy groups -OCH3 is 1. The van der Waals surface area contributed by atoms with Crippen LogP contribution in [0.2, 0.25) is 0 Å². The number of rotatable bonds is 10. The number of nitrogens with two attached hydrogens (primary N) is 1. The molecule has 12 nitrogen and oxygen atoms in total. The molecule has 0 bridgehead atoms. The Morgan fingerprint density at radius 2 is 2.02 bits per heavy atom. The minimum atomic E-state index is -3.20. The molecule has 1 aliphatic heterocycles. The number of benzene rings is 1. The molecule has 6 atom stereocenters. The molecule has 4 N–H and O–H groups in total. The van der Waals surface area contributed by atoms with Gasteiger partial charge in [0.1, 0.15) is 19.1 Å². The maximum Gasteiger partial charge on any atom is 0.322 e. The number of nitrogens with zero attached hydrogens (tertiary/aromatic N) is 5. The number of carbonyl (C=O) groups excluding carboxylic acids is 1. The highest BCUT2D eigenvalue weighted by Crippen LogP contribution is 2.53. The molecule has 3 heterocycles. The fraction of sp³-hybridized carbons (Fsp3) is 0.500. The second kappa shape index (κ2) is 11.2. The number of hydrogen-bond donors (Lipinski definition) is 3. The van der Waals surface area contributed by atoms with Gasteiger partial charge < -0.3 is 29.7 Å². The SMILES string of the molecule is COC(=O)[C@@H](C)NP(=S)(Cc1ccccc1)OC[C@@]1(F)O[C@@H](n2cnc3c(N(C)C)nc(N)nc32)[C@](C)(F)[C@@H]1O. The van der Waals surface area contributed by atoms with Crippen molar-refractivity contribution >= 4 is 47.1 Å². The number of hydrogen-bond acceptors (Lipinski definition) is 11. The largest absolute Gasteiger partial charge is 0.468 e. The van der Waals surface area contributed by atoms with E-state index in [0.29, 0.717) is 5.82 Å². The van der Waals surface area contributed by atoms with Gasteiger partial charge in [0, 0.05) is 20.3 Å². The van der Waals surface area contributed by atoms with E-state index in [4.69, 9.17) is 31.5 Å². The van der Waals surface area contributed by atoms with Crippen molar-refractivity contribution < 1.29 is 32.7 Å². The Morgan fingerprint density at radius 3 is 2.65 bits per heavy atom. The monoisotopic (exact) mass is 599 g/mol. The van der Waals surface area contributed by atoms with Gasteiger partial charge in [-0.15, -0.1) is 0 Å². The number of alkyl halides is 2. The van der Waals surface area contributed by atoms with E-state index in [9.17, 15) is 9.90 Å². The molecule has 1 fully saturated rings. The first-order valence-corrected chi connectivity index (χ1v) is 15.2. The Hall–Kier alpha value is -2.81. The van der Waals surface area contributed by atoms with Crippen LogP contribution in [0.3, 0.4) is 0 Å². The van der Waals surface area contributed by atoms with Gasteiger partial charge in [-0.05, 0) is 31.2 Å². The average molecular weight is 600 g/mol. The number of fused-ring (bicyclic) bond motifs is 1. The molecule has 2 aromatic heterocycles. The van der Waals surface area contributed by atoms with Gasteiger partial charge in [-0.3, -0.25) is 14.4 Å². The predicted octanol–water partition coefficient (Wildman–Crippen LogP) is 2.44. The normalized spacial score (nSPS) is 26.9. The topological polar surface area (TPSA) is 150 Å². The van der Waals surface area contributed by atoms with Gasteiger partial charge in [0.05, 0.1) is 13.4 Å². The second-order valence-corrected chi connectivity index (χ2v) is 13.8. The minimum absolute atomic E-state index is 0.0882.